The Kier molecular flexibility index (Phi) is 4.46. The molecule has 0 saturated heterocycles. The van der Waals surface area contributed by atoms with Crippen molar-refractivity contribution < 1.29 is 4.42 Å². The lowest BCUT2D eigenvalue weighted by molar-refractivity contribution is 0.507. The molecule has 2 rings (SSSR count). The van der Waals surface area contributed by atoms with Gasteiger partial charge in [-0.25, -0.2) is 0 Å². The van der Waals surface area contributed by atoms with Crippen molar-refractivity contribution in [2.75, 3.05) is 7.05 Å². The van der Waals surface area contributed by atoms with E-state index in [2.05, 4.69) is 5.32 Å². The Morgan fingerprint density at radius 1 is 1.06 bits per heavy atom. The van der Waals surface area contributed by atoms with Gasteiger partial charge in [0.25, 0.3) is 0 Å². The first kappa shape index (κ1) is 14.0. The fourth-order valence-electron chi connectivity index (χ4n) is 1.57. The molecular weight excluding hydrogens is 316 g/mol. The molecule has 0 fully saturated rings. The largest absolute Gasteiger partial charge is 0.460 e. The van der Waals surface area contributed by atoms with Gasteiger partial charge in [0, 0.05) is 0 Å². The molecular formula is C12H9Cl4NO. The summed E-state index contributed by atoms with van der Waals surface area (Å²) >= 11 is 24.2. The monoisotopic (exact) mass is 323 g/mol. The van der Waals surface area contributed by atoms with E-state index >= 15 is 0 Å². The molecule has 18 heavy (non-hydrogen) atoms. The number of hydrogen-bond acceptors (Lipinski definition) is 2. The second-order valence-electron chi connectivity index (χ2n) is 3.64. The summed E-state index contributed by atoms with van der Waals surface area (Å²) in [6, 6.07) is 5.13. The van der Waals surface area contributed by atoms with E-state index < -0.39 is 0 Å². The number of furan rings is 1. The van der Waals surface area contributed by atoms with Crippen LogP contribution in [0.4, 0.5) is 0 Å². The fraction of sp³-hybridized carbons (Fsp3) is 0.167. The van der Waals surface area contributed by atoms with Gasteiger partial charge in [0.1, 0.15) is 11.5 Å². The second kappa shape index (κ2) is 5.72. The Morgan fingerprint density at radius 3 is 2.22 bits per heavy atom. The van der Waals surface area contributed by atoms with E-state index in [0.29, 0.717) is 38.0 Å². The zero-order chi connectivity index (χ0) is 13.3. The molecule has 0 radical (unpaired) electrons. The number of benzene rings is 1. The van der Waals surface area contributed by atoms with Gasteiger partial charge in [-0.2, -0.15) is 0 Å². The van der Waals surface area contributed by atoms with E-state index in [1.54, 1.807) is 6.07 Å². The van der Waals surface area contributed by atoms with Crippen molar-refractivity contribution in [1.29, 1.82) is 0 Å². The van der Waals surface area contributed by atoms with Crippen LogP contribution >= 0.6 is 46.4 Å². The van der Waals surface area contributed by atoms with E-state index in [1.807, 2.05) is 13.1 Å². The van der Waals surface area contributed by atoms with Crippen LogP contribution in [-0.4, -0.2) is 7.05 Å². The minimum Gasteiger partial charge on any atom is -0.460 e. The van der Waals surface area contributed by atoms with Gasteiger partial charge in [0.2, 0.25) is 0 Å². The van der Waals surface area contributed by atoms with Gasteiger partial charge in [0.05, 0.1) is 32.2 Å². The van der Waals surface area contributed by atoms with E-state index in [0.717, 1.165) is 5.76 Å². The van der Waals surface area contributed by atoms with Crippen LogP contribution in [0.2, 0.25) is 20.1 Å². The predicted octanol–water partition coefficient (Wildman–Crippen LogP) is 5.28. The molecule has 1 N–H and O–H groups in total. The molecule has 0 aliphatic heterocycles. The number of nitrogens with one attached hydrogen (secondary N) is 1. The highest BCUT2D eigenvalue weighted by molar-refractivity contribution is 6.50. The van der Waals surface area contributed by atoms with Crippen LogP contribution < -0.4 is 5.32 Å². The third-order valence-corrected chi connectivity index (χ3v) is 3.95. The zero-order valence-electron chi connectivity index (χ0n) is 9.36. The molecule has 96 valence electrons. The maximum absolute atomic E-state index is 6.14. The topological polar surface area (TPSA) is 25.2 Å². The highest BCUT2D eigenvalue weighted by atomic mass is 35.5. The molecule has 0 amide bonds. The van der Waals surface area contributed by atoms with E-state index in [1.165, 1.54) is 6.07 Å². The Bertz CT molecular complexity index is 553. The lowest BCUT2D eigenvalue weighted by atomic mass is 10.1. The van der Waals surface area contributed by atoms with Crippen molar-refractivity contribution in [3.05, 3.63) is 44.0 Å². The Balaban J connectivity index is 2.55. The van der Waals surface area contributed by atoms with Gasteiger partial charge >= 0.3 is 0 Å². The first-order valence-corrected chi connectivity index (χ1v) is 6.62. The average Bonchev–Trinajstić information content (AvgIpc) is 2.76. The Hall–Kier alpha value is -0.380. The van der Waals surface area contributed by atoms with Crippen molar-refractivity contribution in [3.63, 3.8) is 0 Å². The van der Waals surface area contributed by atoms with Crippen molar-refractivity contribution in [2.45, 2.75) is 6.54 Å². The van der Waals surface area contributed by atoms with Crippen LogP contribution in [0.3, 0.4) is 0 Å². The van der Waals surface area contributed by atoms with Gasteiger partial charge in [-0.05, 0) is 25.2 Å². The van der Waals surface area contributed by atoms with Gasteiger partial charge in [-0.1, -0.05) is 46.4 Å². The van der Waals surface area contributed by atoms with Gasteiger partial charge < -0.3 is 9.73 Å². The average molecular weight is 325 g/mol. The number of rotatable bonds is 3. The molecule has 0 atom stereocenters. The van der Waals surface area contributed by atoms with Crippen LogP contribution in [0.1, 0.15) is 5.76 Å². The molecule has 0 unspecified atom stereocenters. The van der Waals surface area contributed by atoms with Gasteiger partial charge in [-0.3, -0.25) is 0 Å². The predicted molar refractivity (Wildman–Crippen MR) is 76.9 cm³/mol. The molecule has 0 aliphatic carbocycles. The summed E-state index contributed by atoms with van der Waals surface area (Å²) in [6.45, 7) is 0.615. The smallest absolute Gasteiger partial charge is 0.137 e. The summed E-state index contributed by atoms with van der Waals surface area (Å²) < 4.78 is 5.63. The first-order chi connectivity index (χ1) is 8.54. The highest BCUT2D eigenvalue weighted by Gasteiger charge is 2.18. The normalized spacial score (nSPS) is 10.9. The summed E-state index contributed by atoms with van der Waals surface area (Å²) in [5, 5.41) is 4.33. The van der Waals surface area contributed by atoms with Gasteiger partial charge in [-0.15, -0.1) is 0 Å². The summed E-state index contributed by atoms with van der Waals surface area (Å²) in [5.41, 5.74) is 0.512. The van der Waals surface area contributed by atoms with E-state index in [9.17, 15) is 0 Å². The van der Waals surface area contributed by atoms with E-state index in [-0.39, 0.29) is 0 Å². The number of halogens is 4. The van der Waals surface area contributed by atoms with Crippen LogP contribution in [0.5, 0.6) is 0 Å². The van der Waals surface area contributed by atoms with Crippen molar-refractivity contribution in [3.8, 4) is 11.3 Å². The molecule has 1 aromatic heterocycles. The quantitative estimate of drug-likeness (QED) is 0.777. The molecule has 0 saturated carbocycles. The summed E-state index contributed by atoms with van der Waals surface area (Å²) in [4.78, 5) is 0. The second-order valence-corrected chi connectivity index (χ2v) is 5.21. The van der Waals surface area contributed by atoms with Crippen LogP contribution in [-0.2, 0) is 6.54 Å². The van der Waals surface area contributed by atoms with Crippen LogP contribution in [0.25, 0.3) is 11.3 Å². The third-order valence-electron chi connectivity index (χ3n) is 2.37. The standard InChI is InChI=1S/C12H9Cl4NO/c1-17-5-6-2-3-9(18-6)10-11(15)7(13)4-8(14)12(10)16/h2-4,17H,5H2,1H3. The molecule has 6 heteroatoms. The molecule has 2 aromatic rings. The molecule has 0 bridgehead atoms. The van der Waals surface area contributed by atoms with E-state index in [4.69, 9.17) is 50.8 Å². The lowest BCUT2D eigenvalue weighted by Gasteiger charge is -2.07. The van der Waals surface area contributed by atoms with Crippen LogP contribution in [0, 0.1) is 0 Å². The minimum atomic E-state index is 0.330. The molecule has 0 aliphatic rings. The lowest BCUT2D eigenvalue weighted by Crippen LogP contribution is -2.03. The zero-order valence-corrected chi connectivity index (χ0v) is 12.4. The molecule has 0 spiro atoms. The molecule has 1 aromatic carbocycles. The van der Waals surface area contributed by atoms with Gasteiger partial charge in [0.15, 0.2) is 0 Å². The maximum Gasteiger partial charge on any atom is 0.137 e. The summed E-state index contributed by atoms with van der Waals surface area (Å²) in [6.07, 6.45) is 0. The minimum absolute atomic E-state index is 0.330. The summed E-state index contributed by atoms with van der Waals surface area (Å²) in [5.74, 6) is 1.32. The Morgan fingerprint density at radius 2 is 1.67 bits per heavy atom. The third kappa shape index (κ3) is 2.63. The Labute approximate surface area is 125 Å². The fourth-order valence-corrected chi connectivity index (χ4v) is 2.57. The first-order valence-electron chi connectivity index (χ1n) is 5.11. The van der Waals surface area contributed by atoms with Crippen molar-refractivity contribution in [2.24, 2.45) is 0 Å². The maximum atomic E-state index is 6.14. The number of hydrogen-bond donors (Lipinski definition) is 1. The van der Waals surface area contributed by atoms with Crippen LogP contribution in [0.15, 0.2) is 22.6 Å². The van der Waals surface area contributed by atoms with Crippen molar-refractivity contribution in [1.82, 2.24) is 5.32 Å². The SMILES string of the molecule is CNCc1ccc(-c2c(Cl)c(Cl)cc(Cl)c2Cl)o1. The molecule has 2 nitrogen and oxygen atoms in total. The summed E-state index contributed by atoms with van der Waals surface area (Å²) in [7, 11) is 1.83. The highest BCUT2D eigenvalue weighted by Crippen LogP contribution is 2.43. The van der Waals surface area contributed by atoms with Crippen molar-refractivity contribution >= 4 is 46.4 Å². The molecule has 1 heterocycles.